The maximum absolute atomic E-state index is 11.7. The summed E-state index contributed by atoms with van der Waals surface area (Å²) in [6, 6.07) is 0. The zero-order valence-electron chi connectivity index (χ0n) is 8.54. The third kappa shape index (κ3) is 2.13. The molecule has 1 aliphatic heterocycles. The van der Waals surface area contributed by atoms with Gasteiger partial charge in [-0.3, -0.25) is 4.79 Å². The summed E-state index contributed by atoms with van der Waals surface area (Å²) in [5.41, 5.74) is 0.487. The second kappa shape index (κ2) is 4.26. The Bertz CT molecular complexity index is 288. The van der Waals surface area contributed by atoms with E-state index in [2.05, 4.69) is 0 Å². The van der Waals surface area contributed by atoms with E-state index in [9.17, 15) is 9.59 Å². The van der Waals surface area contributed by atoms with Crippen molar-refractivity contribution in [2.24, 2.45) is 0 Å². The lowest BCUT2D eigenvalue weighted by Gasteiger charge is -2.16. The molecular weight excluding hydrogens is 182 g/mol. The maximum atomic E-state index is 11.7. The van der Waals surface area contributed by atoms with Crippen molar-refractivity contribution in [3.8, 4) is 0 Å². The van der Waals surface area contributed by atoms with E-state index in [4.69, 9.17) is 5.11 Å². The number of carbonyl (C=O) groups excluding carboxylic acids is 1. The molecule has 1 N–H and O–H groups in total. The number of hydrogen-bond acceptors (Lipinski definition) is 2. The second-order valence-electron chi connectivity index (χ2n) is 3.55. The van der Waals surface area contributed by atoms with Crippen LogP contribution in [0.3, 0.4) is 0 Å². The van der Waals surface area contributed by atoms with Gasteiger partial charge in [0.15, 0.2) is 0 Å². The van der Waals surface area contributed by atoms with Crippen molar-refractivity contribution in [2.75, 3.05) is 13.1 Å². The molecule has 78 valence electrons. The highest BCUT2D eigenvalue weighted by atomic mass is 16.4. The molecule has 0 aromatic rings. The maximum Gasteiger partial charge on any atom is 0.331 e. The molecule has 1 amide bonds. The summed E-state index contributed by atoms with van der Waals surface area (Å²) in [5, 5.41) is 8.72. The van der Waals surface area contributed by atoms with Crippen LogP contribution in [0.1, 0.15) is 26.7 Å². The van der Waals surface area contributed by atoms with E-state index in [1.165, 1.54) is 6.92 Å². The minimum absolute atomic E-state index is 0.137. The average molecular weight is 197 g/mol. The van der Waals surface area contributed by atoms with Crippen molar-refractivity contribution >= 4 is 11.9 Å². The van der Waals surface area contributed by atoms with Crippen LogP contribution in [-0.2, 0) is 9.59 Å². The molecule has 0 bridgehead atoms. The minimum atomic E-state index is -1.02. The molecule has 1 heterocycles. The van der Waals surface area contributed by atoms with Crippen LogP contribution >= 0.6 is 0 Å². The Hall–Kier alpha value is -1.32. The summed E-state index contributed by atoms with van der Waals surface area (Å²) in [6.07, 6.45) is 2.04. The topological polar surface area (TPSA) is 57.6 Å². The van der Waals surface area contributed by atoms with Gasteiger partial charge in [-0.05, 0) is 26.7 Å². The summed E-state index contributed by atoms with van der Waals surface area (Å²) in [4.78, 5) is 24.0. The highest BCUT2D eigenvalue weighted by Gasteiger charge is 2.21. The highest BCUT2D eigenvalue weighted by Crippen LogP contribution is 2.13. The molecule has 0 aliphatic carbocycles. The number of nitrogens with zero attached hydrogens (tertiary/aromatic N) is 1. The van der Waals surface area contributed by atoms with Gasteiger partial charge >= 0.3 is 5.97 Å². The first kappa shape index (κ1) is 10.8. The molecule has 4 nitrogen and oxygen atoms in total. The van der Waals surface area contributed by atoms with Crippen LogP contribution in [0.5, 0.6) is 0 Å². The molecule has 0 unspecified atom stereocenters. The average Bonchev–Trinajstić information content (AvgIpc) is 2.67. The number of hydrogen-bond donors (Lipinski definition) is 1. The Morgan fingerprint density at radius 2 is 1.57 bits per heavy atom. The summed E-state index contributed by atoms with van der Waals surface area (Å²) >= 11 is 0. The van der Waals surface area contributed by atoms with Gasteiger partial charge < -0.3 is 10.0 Å². The molecule has 1 rings (SSSR count). The van der Waals surface area contributed by atoms with Crippen LogP contribution in [0, 0.1) is 0 Å². The van der Waals surface area contributed by atoms with Crippen molar-refractivity contribution in [1.29, 1.82) is 0 Å². The summed E-state index contributed by atoms with van der Waals surface area (Å²) in [6.45, 7) is 4.54. The van der Waals surface area contributed by atoms with Crippen LogP contribution in [0.2, 0.25) is 0 Å². The molecule has 1 fully saturated rings. The van der Waals surface area contributed by atoms with Crippen LogP contribution in [0.25, 0.3) is 0 Å². The van der Waals surface area contributed by atoms with E-state index in [1.807, 2.05) is 0 Å². The van der Waals surface area contributed by atoms with Gasteiger partial charge in [-0.1, -0.05) is 0 Å². The van der Waals surface area contributed by atoms with Gasteiger partial charge in [-0.25, -0.2) is 4.79 Å². The monoisotopic (exact) mass is 197 g/mol. The van der Waals surface area contributed by atoms with E-state index >= 15 is 0 Å². The normalized spacial score (nSPS) is 18.0. The number of carboxylic acid groups (broad SMARTS) is 1. The lowest BCUT2D eigenvalue weighted by atomic mass is 10.1. The lowest BCUT2D eigenvalue weighted by Crippen LogP contribution is -2.29. The largest absolute Gasteiger partial charge is 0.478 e. The van der Waals surface area contributed by atoms with Gasteiger partial charge in [0.05, 0.1) is 0 Å². The van der Waals surface area contributed by atoms with Crippen LogP contribution in [-0.4, -0.2) is 35.0 Å². The number of aliphatic carboxylic acids is 1. The molecule has 1 aliphatic rings. The Morgan fingerprint density at radius 1 is 1.07 bits per heavy atom. The standard InChI is InChI=1S/C10H15NO3/c1-7(8(2)10(13)14)9(12)11-5-3-4-6-11/h3-6H2,1-2H3,(H,13,14). The van der Waals surface area contributed by atoms with E-state index in [0.29, 0.717) is 5.57 Å². The fraction of sp³-hybridized carbons (Fsp3) is 0.600. The van der Waals surface area contributed by atoms with Gasteiger partial charge in [-0.15, -0.1) is 0 Å². The first-order valence-electron chi connectivity index (χ1n) is 4.74. The smallest absolute Gasteiger partial charge is 0.331 e. The van der Waals surface area contributed by atoms with Crippen molar-refractivity contribution in [3.63, 3.8) is 0 Å². The molecule has 0 radical (unpaired) electrons. The molecule has 0 aromatic heterocycles. The van der Waals surface area contributed by atoms with Gasteiger partial charge in [-0.2, -0.15) is 0 Å². The molecule has 14 heavy (non-hydrogen) atoms. The van der Waals surface area contributed by atoms with Crippen molar-refractivity contribution < 1.29 is 14.7 Å². The third-order valence-electron chi connectivity index (χ3n) is 2.60. The first-order chi connectivity index (χ1) is 6.54. The van der Waals surface area contributed by atoms with Gasteiger partial charge in [0.1, 0.15) is 0 Å². The predicted molar refractivity (Wildman–Crippen MR) is 51.8 cm³/mol. The fourth-order valence-electron chi connectivity index (χ4n) is 1.48. The highest BCUT2D eigenvalue weighted by molar-refractivity contribution is 6.01. The molecule has 0 spiro atoms. The molecule has 4 heteroatoms. The second-order valence-corrected chi connectivity index (χ2v) is 3.55. The fourth-order valence-corrected chi connectivity index (χ4v) is 1.48. The van der Waals surface area contributed by atoms with E-state index in [1.54, 1.807) is 11.8 Å². The van der Waals surface area contributed by atoms with Gasteiger partial charge in [0.25, 0.3) is 0 Å². The van der Waals surface area contributed by atoms with E-state index in [-0.39, 0.29) is 11.5 Å². The van der Waals surface area contributed by atoms with Crippen LogP contribution in [0.4, 0.5) is 0 Å². The number of likely N-dealkylation sites (tertiary alicyclic amines) is 1. The predicted octanol–water partition coefficient (Wildman–Crippen LogP) is 1.03. The van der Waals surface area contributed by atoms with E-state index < -0.39 is 5.97 Å². The molecular formula is C10H15NO3. The number of rotatable bonds is 2. The van der Waals surface area contributed by atoms with E-state index in [0.717, 1.165) is 25.9 Å². The first-order valence-corrected chi connectivity index (χ1v) is 4.74. The molecule has 0 saturated carbocycles. The molecule has 0 atom stereocenters. The van der Waals surface area contributed by atoms with Crippen LogP contribution < -0.4 is 0 Å². The number of amides is 1. The Balaban J connectivity index is 2.77. The summed E-state index contributed by atoms with van der Waals surface area (Å²) < 4.78 is 0. The Labute approximate surface area is 83.2 Å². The Kier molecular flexibility index (Phi) is 3.28. The van der Waals surface area contributed by atoms with Crippen molar-refractivity contribution in [2.45, 2.75) is 26.7 Å². The van der Waals surface area contributed by atoms with Gasteiger partial charge in [0.2, 0.25) is 5.91 Å². The van der Waals surface area contributed by atoms with Crippen molar-refractivity contribution in [1.82, 2.24) is 4.90 Å². The minimum Gasteiger partial charge on any atom is -0.478 e. The third-order valence-corrected chi connectivity index (χ3v) is 2.60. The van der Waals surface area contributed by atoms with Gasteiger partial charge in [0, 0.05) is 24.2 Å². The number of carboxylic acids is 1. The number of carbonyl (C=O) groups is 2. The SMILES string of the molecule is CC(C(=O)O)=C(C)C(=O)N1CCCC1. The molecule has 1 saturated heterocycles. The van der Waals surface area contributed by atoms with Crippen LogP contribution in [0.15, 0.2) is 11.1 Å². The molecule has 0 aromatic carbocycles. The zero-order valence-corrected chi connectivity index (χ0v) is 8.54. The summed E-state index contributed by atoms with van der Waals surface area (Å²) in [5.74, 6) is -1.16. The quantitative estimate of drug-likeness (QED) is 0.672. The Morgan fingerprint density at radius 3 is 2.00 bits per heavy atom. The lowest BCUT2D eigenvalue weighted by molar-refractivity contribution is -0.133. The van der Waals surface area contributed by atoms with Crippen molar-refractivity contribution in [3.05, 3.63) is 11.1 Å². The zero-order chi connectivity index (χ0) is 10.7. The summed E-state index contributed by atoms with van der Waals surface area (Å²) in [7, 11) is 0.